The highest BCUT2D eigenvalue weighted by molar-refractivity contribution is 5.90. The average Bonchev–Trinajstić information content (AvgIpc) is 3.36. The van der Waals surface area contributed by atoms with Crippen LogP contribution >= 0.6 is 0 Å². The summed E-state index contributed by atoms with van der Waals surface area (Å²) in [4.78, 5) is 14.7. The Morgan fingerprint density at radius 3 is 2.76 bits per heavy atom. The maximum atomic E-state index is 12.8. The van der Waals surface area contributed by atoms with Gasteiger partial charge in [-0.15, -0.1) is 0 Å². The number of benzene rings is 1. The van der Waals surface area contributed by atoms with Gasteiger partial charge >= 0.3 is 6.03 Å². The number of hydrogen-bond donors (Lipinski definition) is 3. The van der Waals surface area contributed by atoms with Crippen LogP contribution in [-0.2, 0) is 0 Å². The minimum Gasteiger partial charge on any atom is -0.317 e. The van der Waals surface area contributed by atoms with E-state index >= 15 is 0 Å². The van der Waals surface area contributed by atoms with Crippen LogP contribution in [0.25, 0.3) is 11.3 Å². The monoisotopic (exact) mass is 336 g/mol. The van der Waals surface area contributed by atoms with Gasteiger partial charge in [0.2, 0.25) is 0 Å². The number of rotatable bonds is 3. The van der Waals surface area contributed by atoms with Gasteiger partial charge in [-0.25, -0.2) is 4.79 Å². The average molecular weight is 336 g/mol. The summed E-state index contributed by atoms with van der Waals surface area (Å²) in [6, 6.07) is 9.67. The van der Waals surface area contributed by atoms with Crippen LogP contribution in [-0.4, -0.2) is 37.9 Å². The van der Waals surface area contributed by atoms with Crippen molar-refractivity contribution in [2.24, 2.45) is 0 Å². The van der Waals surface area contributed by atoms with Gasteiger partial charge < -0.3 is 10.2 Å². The second kappa shape index (κ2) is 6.80. The lowest BCUT2D eigenvalue weighted by Crippen LogP contribution is -2.41. The molecule has 0 spiro atoms. The molecule has 1 fully saturated rings. The molecule has 3 aromatic rings. The molecule has 128 valence electrons. The summed E-state index contributed by atoms with van der Waals surface area (Å²) >= 11 is 0. The summed E-state index contributed by atoms with van der Waals surface area (Å²) in [6.45, 7) is 0.758. The van der Waals surface area contributed by atoms with E-state index in [-0.39, 0.29) is 12.1 Å². The third-order valence-corrected chi connectivity index (χ3v) is 4.62. The van der Waals surface area contributed by atoms with Gasteiger partial charge in [-0.2, -0.15) is 10.2 Å². The SMILES string of the molecule is O=C(Nc1ccc(-c2ccn[nH]2)cc1)N1CCCC[C@H]1c1cn[nH]c1. The zero-order chi connectivity index (χ0) is 17.1. The lowest BCUT2D eigenvalue weighted by atomic mass is 9.98. The van der Waals surface area contributed by atoms with Gasteiger partial charge in [-0.05, 0) is 43.0 Å². The van der Waals surface area contributed by atoms with Gasteiger partial charge in [0, 0.05) is 30.2 Å². The maximum Gasteiger partial charge on any atom is 0.322 e. The highest BCUT2D eigenvalue weighted by atomic mass is 16.2. The Morgan fingerprint density at radius 2 is 2.04 bits per heavy atom. The number of urea groups is 1. The van der Waals surface area contributed by atoms with Crippen LogP contribution in [0.3, 0.4) is 0 Å². The second-order valence-corrected chi connectivity index (χ2v) is 6.21. The lowest BCUT2D eigenvalue weighted by Gasteiger charge is -2.35. The maximum absolute atomic E-state index is 12.8. The van der Waals surface area contributed by atoms with Crippen molar-refractivity contribution in [3.8, 4) is 11.3 Å². The number of nitrogens with zero attached hydrogens (tertiary/aromatic N) is 3. The Morgan fingerprint density at radius 1 is 1.16 bits per heavy atom. The van der Waals surface area contributed by atoms with E-state index in [4.69, 9.17) is 0 Å². The van der Waals surface area contributed by atoms with E-state index in [1.54, 1.807) is 12.4 Å². The molecule has 0 radical (unpaired) electrons. The Bertz CT molecular complexity index is 810. The molecule has 0 aliphatic carbocycles. The molecule has 0 bridgehead atoms. The van der Waals surface area contributed by atoms with Gasteiger partial charge in [0.15, 0.2) is 0 Å². The van der Waals surface area contributed by atoms with E-state index in [1.807, 2.05) is 41.4 Å². The number of amides is 2. The molecule has 2 amide bonds. The number of nitrogens with one attached hydrogen (secondary N) is 3. The van der Waals surface area contributed by atoms with Crippen LogP contribution in [0.2, 0.25) is 0 Å². The lowest BCUT2D eigenvalue weighted by molar-refractivity contribution is 0.163. The number of likely N-dealkylation sites (tertiary alicyclic amines) is 1. The molecule has 1 saturated heterocycles. The molecule has 7 nitrogen and oxygen atoms in total. The topological polar surface area (TPSA) is 89.7 Å². The van der Waals surface area contributed by atoms with Crippen LogP contribution in [0.15, 0.2) is 48.9 Å². The summed E-state index contributed by atoms with van der Waals surface area (Å²) in [6.07, 6.45) is 8.51. The second-order valence-electron chi connectivity index (χ2n) is 6.21. The number of piperidine rings is 1. The molecule has 2 aromatic heterocycles. The first-order valence-corrected chi connectivity index (χ1v) is 8.47. The normalized spacial score (nSPS) is 17.4. The Hall–Kier alpha value is -3.09. The fourth-order valence-electron chi connectivity index (χ4n) is 3.31. The summed E-state index contributed by atoms with van der Waals surface area (Å²) in [5, 5.41) is 16.8. The quantitative estimate of drug-likeness (QED) is 0.683. The first-order valence-electron chi connectivity index (χ1n) is 8.47. The standard InChI is InChI=1S/C18H20N6O/c25-18(24-10-2-1-3-17(24)14-11-20-21-12-14)22-15-6-4-13(5-7-15)16-8-9-19-23-16/h4-9,11-12,17H,1-3,10H2,(H,19,23)(H,20,21)(H,22,25)/t17-/m0/s1. The summed E-state index contributed by atoms with van der Waals surface area (Å²) in [5.74, 6) is 0. The van der Waals surface area contributed by atoms with E-state index in [0.717, 1.165) is 48.3 Å². The van der Waals surface area contributed by atoms with E-state index in [0.29, 0.717) is 0 Å². The molecular weight excluding hydrogens is 316 g/mol. The van der Waals surface area contributed by atoms with Crippen LogP contribution in [0.4, 0.5) is 10.5 Å². The Kier molecular flexibility index (Phi) is 4.20. The number of hydrogen-bond acceptors (Lipinski definition) is 3. The first kappa shape index (κ1) is 15.4. The Balaban J connectivity index is 1.47. The van der Waals surface area contributed by atoms with Crippen molar-refractivity contribution in [3.05, 3.63) is 54.5 Å². The van der Waals surface area contributed by atoms with Crippen LogP contribution in [0, 0.1) is 0 Å². The van der Waals surface area contributed by atoms with Crippen molar-refractivity contribution in [1.29, 1.82) is 0 Å². The Labute approximate surface area is 145 Å². The van der Waals surface area contributed by atoms with E-state index < -0.39 is 0 Å². The van der Waals surface area contributed by atoms with Gasteiger partial charge in [-0.1, -0.05) is 12.1 Å². The third kappa shape index (κ3) is 3.26. The van der Waals surface area contributed by atoms with Gasteiger partial charge in [-0.3, -0.25) is 10.2 Å². The van der Waals surface area contributed by atoms with Gasteiger partial charge in [0.25, 0.3) is 0 Å². The molecule has 7 heteroatoms. The molecule has 0 saturated carbocycles. The molecule has 1 atom stereocenters. The fraction of sp³-hybridized carbons (Fsp3) is 0.278. The number of aromatic nitrogens is 4. The number of aromatic amines is 2. The minimum absolute atomic E-state index is 0.0693. The van der Waals surface area contributed by atoms with E-state index in [2.05, 4.69) is 25.7 Å². The van der Waals surface area contributed by atoms with E-state index in [1.165, 1.54) is 0 Å². The number of anilines is 1. The predicted octanol–water partition coefficient (Wildman–Crippen LogP) is 3.56. The van der Waals surface area contributed by atoms with Crippen molar-refractivity contribution in [2.75, 3.05) is 11.9 Å². The minimum atomic E-state index is -0.0693. The number of carbonyl (C=O) groups excluding carboxylic acids is 1. The summed E-state index contributed by atoms with van der Waals surface area (Å²) < 4.78 is 0. The first-order chi connectivity index (χ1) is 12.3. The molecular formula is C18H20N6O. The number of H-pyrrole nitrogens is 2. The highest BCUT2D eigenvalue weighted by Crippen LogP contribution is 2.31. The number of carbonyl (C=O) groups is 1. The van der Waals surface area contributed by atoms with E-state index in [9.17, 15) is 4.79 Å². The molecule has 3 N–H and O–H groups in total. The van der Waals surface area contributed by atoms with Crippen LogP contribution in [0.1, 0.15) is 30.9 Å². The summed E-state index contributed by atoms with van der Waals surface area (Å²) in [5.41, 5.74) is 3.83. The molecule has 1 aliphatic heterocycles. The van der Waals surface area contributed by atoms with Crippen molar-refractivity contribution in [3.63, 3.8) is 0 Å². The van der Waals surface area contributed by atoms with Crippen molar-refractivity contribution in [2.45, 2.75) is 25.3 Å². The zero-order valence-electron chi connectivity index (χ0n) is 13.8. The van der Waals surface area contributed by atoms with Crippen molar-refractivity contribution >= 4 is 11.7 Å². The molecule has 0 unspecified atom stereocenters. The van der Waals surface area contributed by atoms with Crippen molar-refractivity contribution in [1.82, 2.24) is 25.3 Å². The largest absolute Gasteiger partial charge is 0.322 e. The van der Waals surface area contributed by atoms with Crippen LogP contribution in [0.5, 0.6) is 0 Å². The zero-order valence-corrected chi connectivity index (χ0v) is 13.8. The summed E-state index contributed by atoms with van der Waals surface area (Å²) in [7, 11) is 0. The van der Waals surface area contributed by atoms with Gasteiger partial charge in [0.05, 0.1) is 17.9 Å². The smallest absolute Gasteiger partial charge is 0.317 e. The fourth-order valence-corrected chi connectivity index (χ4v) is 3.31. The third-order valence-electron chi connectivity index (χ3n) is 4.62. The molecule has 3 heterocycles. The molecule has 1 aliphatic rings. The van der Waals surface area contributed by atoms with Gasteiger partial charge in [0.1, 0.15) is 0 Å². The molecule has 1 aromatic carbocycles. The molecule has 4 rings (SSSR count). The van der Waals surface area contributed by atoms with Crippen molar-refractivity contribution < 1.29 is 4.79 Å². The highest BCUT2D eigenvalue weighted by Gasteiger charge is 2.28. The van der Waals surface area contributed by atoms with Crippen LogP contribution < -0.4 is 5.32 Å². The molecule has 25 heavy (non-hydrogen) atoms. The predicted molar refractivity (Wildman–Crippen MR) is 94.9 cm³/mol.